The fourth-order valence-corrected chi connectivity index (χ4v) is 0.556. The Balaban J connectivity index is -0.000000108. The summed E-state index contributed by atoms with van der Waals surface area (Å²) in [5.74, 6) is -1.31. The predicted molar refractivity (Wildman–Crippen MR) is 64.5 cm³/mol. The van der Waals surface area contributed by atoms with Gasteiger partial charge in [0.2, 0.25) is 0 Å². The molecular weight excluding hydrogens is 377 g/mol. The zero-order valence-electron chi connectivity index (χ0n) is 13.0. The minimum absolute atomic E-state index is 0. The van der Waals surface area contributed by atoms with Crippen LogP contribution < -0.4 is 15.3 Å². The summed E-state index contributed by atoms with van der Waals surface area (Å²) < 4.78 is 12.5. The van der Waals surface area contributed by atoms with Gasteiger partial charge in [-0.15, -0.1) is 19.8 Å². The standard InChI is InChI=1S/3C4H7O3.Y/c3*1-7-4(6)2-3-5;/h3*2-3H2,1H3;/q3*-1;+3. The maximum absolute atomic E-state index is 9.99. The van der Waals surface area contributed by atoms with Gasteiger partial charge < -0.3 is 29.5 Å². The summed E-state index contributed by atoms with van der Waals surface area (Å²) in [6.07, 6.45) is -0.0521. The van der Waals surface area contributed by atoms with E-state index in [9.17, 15) is 29.7 Å². The fraction of sp³-hybridized carbons (Fsp3) is 0.750. The van der Waals surface area contributed by atoms with E-state index >= 15 is 0 Å². The molecule has 0 fully saturated rings. The Kier molecular flexibility index (Phi) is 33.9. The molecular formula is C12H21O9Y. The molecule has 0 bridgehead atoms. The van der Waals surface area contributed by atoms with Crippen molar-refractivity contribution in [3.05, 3.63) is 0 Å². The van der Waals surface area contributed by atoms with Crippen LogP contribution in [0.4, 0.5) is 0 Å². The summed E-state index contributed by atoms with van der Waals surface area (Å²) in [6, 6.07) is 0. The first-order chi connectivity index (χ1) is 9.92. The smallest absolute Gasteiger partial charge is 0.854 e. The van der Waals surface area contributed by atoms with Gasteiger partial charge in [0.05, 0.1) is 21.3 Å². The summed E-state index contributed by atoms with van der Waals surface area (Å²) in [5, 5.41) is 28.8. The van der Waals surface area contributed by atoms with Crippen molar-refractivity contribution >= 4 is 17.9 Å². The van der Waals surface area contributed by atoms with Crippen LogP contribution in [0.1, 0.15) is 19.3 Å². The number of hydrogen-bond donors (Lipinski definition) is 0. The minimum Gasteiger partial charge on any atom is -0.854 e. The third-order valence-corrected chi connectivity index (χ3v) is 1.60. The second-order valence-electron chi connectivity index (χ2n) is 3.09. The Morgan fingerprint density at radius 2 is 0.818 bits per heavy atom. The van der Waals surface area contributed by atoms with Crippen molar-refractivity contribution in [1.29, 1.82) is 0 Å². The summed E-state index contributed by atoms with van der Waals surface area (Å²) in [5.41, 5.74) is 0. The van der Waals surface area contributed by atoms with Gasteiger partial charge in [-0.2, -0.15) is 0 Å². The van der Waals surface area contributed by atoms with Crippen molar-refractivity contribution in [2.24, 2.45) is 0 Å². The second-order valence-corrected chi connectivity index (χ2v) is 3.09. The van der Waals surface area contributed by atoms with Crippen LogP contribution in [0.3, 0.4) is 0 Å². The number of ether oxygens (including phenoxy) is 3. The van der Waals surface area contributed by atoms with E-state index in [0.717, 1.165) is 0 Å². The summed E-state index contributed by atoms with van der Waals surface area (Å²) in [7, 11) is 3.79. The monoisotopic (exact) mass is 398 g/mol. The topological polar surface area (TPSA) is 148 Å². The molecule has 0 radical (unpaired) electrons. The summed E-state index contributed by atoms with van der Waals surface area (Å²) in [4.78, 5) is 30.0. The van der Waals surface area contributed by atoms with Gasteiger partial charge in [-0.3, -0.25) is 14.4 Å². The van der Waals surface area contributed by atoms with Crippen LogP contribution in [-0.4, -0.2) is 59.1 Å². The van der Waals surface area contributed by atoms with Crippen molar-refractivity contribution in [2.75, 3.05) is 41.2 Å². The van der Waals surface area contributed by atoms with E-state index in [0.29, 0.717) is 0 Å². The van der Waals surface area contributed by atoms with Crippen LogP contribution in [0.25, 0.3) is 0 Å². The molecule has 0 N–H and O–H groups in total. The number of methoxy groups -OCH3 is 3. The van der Waals surface area contributed by atoms with Gasteiger partial charge >= 0.3 is 50.6 Å². The molecule has 0 aromatic rings. The molecule has 22 heavy (non-hydrogen) atoms. The van der Waals surface area contributed by atoms with Crippen molar-refractivity contribution in [3.8, 4) is 0 Å². The van der Waals surface area contributed by atoms with E-state index in [-0.39, 0.29) is 71.8 Å². The van der Waals surface area contributed by atoms with Gasteiger partial charge in [-0.1, -0.05) is 0 Å². The summed E-state index contributed by atoms with van der Waals surface area (Å²) >= 11 is 0. The molecule has 0 amide bonds. The molecule has 0 heterocycles. The van der Waals surface area contributed by atoms with Crippen LogP contribution in [-0.2, 0) is 61.3 Å². The minimum atomic E-state index is -0.435. The van der Waals surface area contributed by atoms with Crippen molar-refractivity contribution in [2.45, 2.75) is 19.3 Å². The van der Waals surface area contributed by atoms with E-state index in [1.807, 2.05) is 0 Å². The zero-order chi connectivity index (χ0) is 17.1. The van der Waals surface area contributed by atoms with Gasteiger partial charge in [0, 0.05) is 19.3 Å². The number of esters is 3. The van der Waals surface area contributed by atoms with E-state index in [1.54, 1.807) is 0 Å². The number of carbonyl (C=O) groups is 3. The van der Waals surface area contributed by atoms with Crippen molar-refractivity contribution < 1.29 is 76.6 Å². The van der Waals surface area contributed by atoms with Crippen molar-refractivity contribution in [3.63, 3.8) is 0 Å². The Morgan fingerprint density at radius 3 is 0.864 bits per heavy atom. The second kappa shape index (κ2) is 25.4. The average Bonchev–Trinajstić information content (AvgIpc) is 2.49. The van der Waals surface area contributed by atoms with Gasteiger partial charge in [-0.05, 0) is 0 Å². The molecule has 0 aliphatic carbocycles. The molecule has 10 heteroatoms. The normalized spacial score (nSPS) is 7.91. The molecule has 9 nitrogen and oxygen atoms in total. The van der Waals surface area contributed by atoms with Crippen LogP contribution in [0.5, 0.6) is 0 Å². The van der Waals surface area contributed by atoms with E-state index in [4.69, 9.17) is 0 Å². The molecule has 0 spiro atoms. The molecule has 126 valence electrons. The first kappa shape index (κ1) is 29.4. The molecule has 0 unspecified atom stereocenters. The first-order valence-corrected chi connectivity index (χ1v) is 5.88. The van der Waals surface area contributed by atoms with Gasteiger partial charge in [0.1, 0.15) is 0 Å². The van der Waals surface area contributed by atoms with Crippen LogP contribution in [0.15, 0.2) is 0 Å². The molecule has 0 atom stereocenters. The van der Waals surface area contributed by atoms with Gasteiger partial charge in [0.15, 0.2) is 0 Å². The number of hydrogen-bond acceptors (Lipinski definition) is 9. The van der Waals surface area contributed by atoms with Crippen molar-refractivity contribution in [1.82, 2.24) is 0 Å². The molecule has 0 aliphatic heterocycles. The Hall–Kier alpha value is -0.606. The Bertz CT molecular complexity index is 229. The van der Waals surface area contributed by atoms with Gasteiger partial charge in [0.25, 0.3) is 0 Å². The molecule has 0 saturated heterocycles. The third-order valence-electron chi connectivity index (χ3n) is 1.60. The first-order valence-electron chi connectivity index (χ1n) is 5.88. The molecule has 0 aliphatic rings. The largest absolute Gasteiger partial charge is 3.00 e. The third kappa shape index (κ3) is 31.7. The summed E-state index contributed by atoms with van der Waals surface area (Å²) in [6.45, 7) is -1.15. The Morgan fingerprint density at radius 1 is 0.636 bits per heavy atom. The number of carbonyl (C=O) groups excluding carboxylic acids is 3. The maximum Gasteiger partial charge on any atom is 3.00 e. The Labute approximate surface area is 154 Å². The number of rotatable bonds is 6. The van der Waals surface area contributed by atoms with E-state index in [2.05, 4.69) is 14.2 Å². The van der Waals surface area contributed by atoms with Crippen LogP contribution >= 0.6 is 0 Å². The molecule has 0 rings (SSSR count). The van der Waals surface area contributed by atoms with Gasteiger partial charge in [-0.25, -0.2) is 0 Å². The zero-order valence-corrected chi connectivity index (χ0v) is 15.8. The van der Waals surface area contributed by atoms with Crippen LogP contribution in [0, 0.1) is 0 Å². The predicted octanol–water partition coefficient (Wildman–Crippen LogP) is -3.27. The molecule has 0 saturated carbocycles. The SMILES string of the molecule is COC(=O)CC[O-].COC(=O)CC[O-].COC(=O)CC[O-].[Y+3]. The fourth-order valence-electron chi connectivity index (χ4n) is 0.556. The quantitative estimate of drug-likeness (QED) is 0.332. The van der Waals surface area contributed by atoms with E-state index in [1.165, 1.54) is 21.3 Å². The average molecular weight is 398 g/mol. The van der Waals surface area contributed by atoms with Crippen LogP contribution in [0.2, 0.25) is 0 Å². The maximum atomic E-state index is 9.99. The van der Waals surface area contributed by atoms with E-state index < -0.39 is 17.9 Å². The molecule has 0 aromatic carbocycles. The molecule has 0 aromatic heterocycles.